The van der Waals surface area contributed by atoms with E-state index < -0.39 is 0 Å². The van der Waals surface area contributed by atoms with Crippen molar-refractivity contribution >= 4 is 33.2 Å². The molecule has 0 radical (unpaired) electrons. The molecule has 0 amide bonds. The molecule has 0 saturated carbocycles. The Morgan fingerprint density at radius 1 is 1.21 bits per heavy atom. The second-order valence-electron chi connectivity index (χ2n) is 2.81. The summed E-state index contributed by atoms with van der Waals surface area (Å²) in [7, 11) is 0. The van der Waals surface area contributed by atoms with Crippen molar-refractivity contribution in [1.82, 2.24) is 4.98 Å². The first-order valence-corrected chi connectivity index (χ1v) is 5.90. The van der Waals surface area contributed by atoms with Gasteiger partial charge in [-0.2, -0.15) is 0 Å². The van der Waals surface area contributed by atoms with Crippen LogP contribution in [0.5, 0.6) is 0 Å². The highest BCUT2D eigenvalue weighted by molar-refractivity contribution is 7.22. The minimum atomic E-state index is 0.850. The Morgan fingerprint density at radius 3 is 2.50 bits per heavy atom. The fraction of sp³-hybridized carbons (Fsp3) is 0.364. The molecular formula is C11H14ClNS. The molecule has 0 aliphatic heterocycles. The van der Waals surface area contributed by atoms with Gasteiger partial charge in [0.25, 0.3) is 0 Å². The first-order chi connectivity index (χ1) is 6.68. The fourth-order valence-electron chi connectivity index (χ4n) is 1.16. The van der Waals surface area contributed by atoms with Gasteiger partial charge in [0.1, 0.15) is 4.83 Å². The number of hydrogen-bond donors (Lipinski definition) is 0. The molecule has 0 aromatic carbocycles. The number of hydrogen-bond acceptors (Lipinski definition) is 2. The van der Waals surface area contributed by atoms with Crippen molar-refractivity contribution in [2.24, 2.45) is 0 Å². The smallest absolute Gasteiger partial charge is 0.125 e. The Bertz CT molecular complexity index is 434. The van der Waals surface area contributed by atoms with E-state index in [4.69, 9.17) is 11.6 Å². The SMILES string of the molecule is CC.Cc1ccc2c(C)c(Cl)sc2n1. The van der Waals surface area contributed by atoms with Gasteiger partial charge in [0.05, 0.1) is 4.34 Å². The summed E-state index contributed by atoms with van der Waals surface area (Å²) in [5.74, 6) is 0. The third kappa shape index (κ3) is 2.07. The monoisotopic (exact) mass is 227 g/mol. The zero-order chi connectivity index (χ0) is 10.7. The molecule has 0 spiro atoms. The molecule has 0 N–H and O–H groups in total. The highest BCUT2D eigenvalue weighted by atomic mass is 35.5. The molecular weight excluding hydrogens is 214 g/mol. The van der Waals surface area contributed by atoms with E-state index in [0.717, 1.165) is 20.4 Å². The zero-order valence-corrected chi connectivity index (χ0v) is 10.5. The number of aryl methyl sites for hydroxylation is 2. The summed E-state index contributed by atoms with van der Waals surface area (Å²) in [6.07, 6.45) is 0. The van der Waals surface area contributed by atoms with Crippen molar-refractivity contribution in [2.75, 3.05) is 0 Å². The minimum Gasteiger partial charge on any atom is -0.242 e. The summed E-state index contributed by atoms with van der Waals surface area (Å²) >= 11 is 7.53. The van der Waals surface area contributed by atoms with Crippen LogP contribution < -0.4 is 0 Å². The number of halogens is 1. The highest BCUT2D eigenvalue weighted by Gasteiger charge is 2.06. The van der Waals surface area contributed by atoms with E-state index in [1.54, 1.807) is 11.3 Å². The summed E-state index contributed by atoms with van der Waals surface area (Å²) in [4.78, 5) is 5.43. The van der Waals surface area contributed by atoms with Crippen molar-refractivity contribution in [3.8, 4) is 0 Å². The average molecular weight is 228 g/mol. The van der Waals surface area contributed by atoms with Crippen LogP contribution in [0.3, 0.4) is 0 Å². The van der Waals surface area contributed by atoms with Crippen molar-refractivity contribution in [2.45, 2.75) is 27.7 Å². The molecule has 0 aliphatic rings. The molecule has 2 heterocycles. The summed E-state index contributed by atoms with van der Waals surface area (Å²) < 4.78 is 0.850. The number of nitrogens with zero attached hydrogens (tertiary/aromatic N) is 1. The van der Waals surface area contributed by atoms with Gasteiger partial charge in [-0.15, -0.1) is 11.3 Å². The van der Waals surface area contributed by atoms with Gasteiger partial charge in [0.15, 0.2) is 0 Å². The summed E-state index contributed by atoms with van der Waals surface area (Å²) in [6, 6.07) is 4.09. The molecule has 0 saturated heterocycles. The van der Waals surface area contributed by atoms with Gasteiger partial charge in [-0.25, -0.2) is 4.98 Å². The minimum absolute atomic E-state index is 0.850. The van der Waals surface area contributed by atoms with Crippen LogP contribution in [0.25, 0.3) is 10.2 Å². The van der Waals surface area contributed by atoms with Crippen LogP contribution in [0.4, 0.5) is 0 Å². The van der Waals surface area contributed by atoms with Crippen LogP contribution >= 0.6 is 22.9 Å². The fourth-order valence-corrected chi connectivity index (χ4v) is 2.44. The van der Waals surface area contributed by atoms with Gasteiger partial charge in [-0.05, 0) is 31.5 Å². The lowest BCUT2D eigenvalue weighted by atomic mass is 10.2. The Kier molecular flexibility index (Phi) is 3.90. The predicted octanol–water partition coefficient (Wildman–Crippen LogP) is 4.59. The molecule has 0 fully saturated rings. The maximum Gasteiger partial charge on any atom is 0.125 e. The van der Waals surface area contributed by atoms with E-state index in [-0.39, 0.29) is 0 Å². The van der Waals surface area contributed by atoms with Crippen LogP contribution in [0, 0.1) is 13.8 Å². The lowest BCUT2D eigenvalue weighted by Crippen LogP contribution is -1.77. The van der Waals surface area contributed by atoms with Crippen molar-refractivity contribution in [1.29, 1.82) is 0 Å². The Labute approximate surface area is 93.7 Å². The van der Waals surface area contributed by atoms with Gasteiger partial charge >= 0.3 is 0 Å². The van der Waals surface area contributed by atoms with E-state index in [1.807, 2.05) is 33.8 Å². The second-order valence-corrected chi connectivity index (χ2v) is 4.41. The maximum atomic E-state index is 5.98. The molecule has 2 rings (SSSR count). The average Bonchev–Trinajstić information content (AvgIpc) is 2.45. The molecule has 14 heavy (non-hydrogen) atoms. The highest BCUT2D eigenvalue weighted by Crippen LogP contribution is 2.32. The number of rotatable bonds is 0. The molecule has 3 heteroatoms. The molecule has 0 unspecified atom stereocenters. The van der Waals surface area contributed by atoms with Crippen molar-refractivity contribution in [3.63, 3.8) is 0 Å². The molecule has 0 aliphatic carbocycles. The summed E-state index contributed by atoms with van der Waals surface area (Å²) in [5, 5.41) is 1.18. The van der Waals surface area contributed by atoms with Crippen LogP contribution in [0.1, 0.15) is 25.1 Å². The van der Waals surface area contributed by atoms with Crippen molar-refractivity contribution < 1.29 is 0 Å². The van der Waals surface area contributed by atoms with Crippen LogP contribution in [0.15, 0.2) is 12.1 Å². The summed E-state index contributed by atoms with van der Waals surface area (Å²) in [5.41, 5.74) is 2.18. The molecule has 0 bridgehead atoms. The molecule has 76 valence electrons. The third-order valence-electron chi connectivity index (χ3n) is 1.88. The van der Waals surface area contributed by atoms with E-state index in [1.165, 1.54) is 5.39 Å². The maximum absolute atomic E-state index is 5.98. The van der Waals surface area contributed by atoms with Gasteiger partial charge in [-0.3, -0.25) is 0 Å². The number of aromatic nitrogens is 1. The van der Waals surface area contributed by atoms with Gasteiger partial charge in [0, 0.05) is 11.1 Å². The van der Waals surface area contributed by atoms with E-state index >= 15 is 0 Å². The lowest BCUT2D eigenvalue weighted by Gasteiger charge is -1.91. The summed E-state index contributed by atoms with van der Waals surface area (Å²) in [6.45, 7) is 8.01. The zero-order valence-electron chi connectivity index (χ0n) is 8.89. The topological polar surface area (TPSA) is 12.9 Å². The molecule has 1 nitrogen and oxygen atoms in total. The number of fused-ring (bicyclic) bond motifs is 1. The van der Waals surface area contributed by atoms with Crippen LogP contribution in [0.2, 0.25) is 4.34 Å². The van der Waals surface area contributed by atoms with E-state index in [0.29, 0.717) is 0 Å². The lowest BCUT2D eigenvalue weighted by molar-refractivity contribution is 1.27. The first-order valence-electron chi connectivity index (χ1n) is 4.71. The van der Waals surface area contributed by atoms with Gasteiger partial charge < -0.3 is 0 Å². The van der Waals surface area contributed by atoms with E-state index in [9.17, 15) is 0 Å². The van der Waals surface area contributed by atoms with Crippen LogP contribution in [-0.4, -0.2) is 4.98 Å². The van der Waals surface area contributed by atoms with Crippen molar-refractivity contribution in [3.05, 3.63) is 27.7 Å². The Balaban J connectivity index is 0.000000461. The standard InChI is InChI=1S/C9H8ClNS.C2H6/c1-5-3-4-7-6(2)8(10)12-9(7)11-5;1-2/h3-4H,1-2H3;1-2H3. The largest absolute Gasteiger partial charge is 0.242 e. The molecule has 0 atom stereocenters. The predicted molar refractivity (Wildman–Crippen MR) is 65.5 cm³/mol. The molecule has 2 aromatic heterocycles. The number of pyridine rings is 1. The van der Waals surface area contributed by atoms with Crippen LogP contribution in [-0.2, 0) is 0 Å². The first kappa shape index (κ1) is 11.5. The van der Waals surface area contributed by atoms with E-state index in [2.05, 4.69) is 11.1 Å². The normalized spacial score (nSPS) is 9.79. The third-order valence-corrected chi connectivity index (χ3v) is 3.39. The number of thiophene rings is 1. The second kappa shape index (κ2) is 4.76. The van der Waals surface area contributed by atoms with Gasteiger partial charge in [0.2, 0.25) is 0 Å². The van der Waals surface area contributed by atoms with Gasteiger partial charge in [-0.1, -0.05) is 25.4 Å². The molecule has 2 aromatic rings. The quantitative estimate of drug-likeness (QED) is 0.642. The Hall–Kier alpha value is -0.600. The Morgan fingerprint density at radius 2 is 1.86 bits per heavy atom.